The molecular weight excluding hydrogens is 601 g/mol. The number of rotatable bonds is 10. The maximum Gasteiger partial charge on any atom is 0.633 e. The average Bonchev–Trinajstić information content (AvgIpc) is 3.12. The number of benzene rings is 6. The van der Waals surface area contributed by atoms with E-state index in [-0.39, 0.29) is 0 Å². The van der Waals surface area contributed by atoms with Crippen LogP contribution in [0.25, 0.3) is 0 Å². The van der Waals surface area contributed by atoms with Gasteiger partial charge in [-0.05, 0) is 54.1 Å². The van der Waals surface area contributed by atoms with Gasteiger partial charge in [-0.2, -0.15) is 0 Å². The van der Waals surface area contributed by atoms with Crippen LogP contribution < -0.4 is 31.8 Å². The Hall–Kier alpha value is -3.88. The zero-order valence-corrected chi connectivity index (χ0v) is 28.0. The maximum absolute atomic E-state index is 8.11. The van der Waals surface area contributed by atoms with Crippen LogP contribution in [0.1, 0.15) is 19.8 Å². The minimum absolute atomic E-state index is 0.425. The lowest BCUT2D eigenvalue weighted by molar-refractivity contribution is 0.183. The monoisotopic (exact) mass is 642 g/mol. The summed E-state index contributed by atoms with van der Waals surface area (Å²) in [7, 11) is -2.49. The van der Waals surface area contributed by atoms with Crippen molar-refractivity contribution in [3.8, 4) is 0 Å². The van der Waals surface area contributed by atoms with Gasteiger partial charge in [-0.3, -0.25) is 0 Å². The molecule has 0 heterocycles. The molecule has 2 N–H and O–H groups in total. The SMILES string of the molecule is CCCCOB(O)O.c1ccc(P(c2ccccc2)c2ccccc2)cc1.c1ccc(P(c2ccccc2)c2ccccc2)cc1. The lowest BCUT2D eigenvalue weighted by Gasteiger charge is -2.18. The van der Waals surface area contributed by atoms with Gasteiger partial charge in [-0.15, -0.1) is 0 Å². The summed E-state index contributed by atoms with van der Waals surface area (Å²) in [5.74, 6) is 0. The summed E-state index contributed by atoms with van der Waals surface area (Å²) in [5, 5.41) is 24.6. The molecule has 0 saturated carbocycles. The fourth-order valence-corrected chi connectivity index (χ4v) is 9.30. The second kappa shape index (κ2) is 20.3. The summed E-state index contributed by atoms with van der Waals surface area (Å²) in [4.78, 5) is 0. The van der Waals surface area contributed by atoms with Crippen molar-refractivity contribution in [1.29, 1.82) is 0 Å². The molecule has 6 rings (SSSR count). The van der Waals surface area contributed by atoms with Crippen molar-refractivity contribution in [2.45, 2.75) is 19.8 Å². The number of unbranched alkanes of at least 4 members (excludes halogenated alkanes) is 1. The topological polar surface area (TPSA) is 49.7 Å². The first-order chi connectivity index (χ1) is 22.7. The highest BCUT2D eigenvalue weighted by Crippen LogP contribution is 2.33. The largest absolute Gasteiger partial charge is 0.633 e. The Morgan fingerprint density at radius 1 is 0.413 bits per heavy atom. The zero-order chi connectivity index (χ0) is 32.2. The van der Waals surface area contributed by atoms with Crippen LogP contribution in [0.15, 0.2) is 182 Å². The van der Waals surface area contributed by atoms with Gasteiger partial charge in [0.1, 0.15) is 0 Å². The second-order valence-electron chi connectivity index (χ2n) is 10.2. The molecular formula is C40H41BO3P2. The fourth-order valence-electron chi connectivity index (χ4n) is 4.69. The summed E-state index contributed by atoms with van der Waals surface area (Å²) in [6.45, 7) is 2.43. The highest BCUT2D eigenvalue weighted by molar-refractivity contribution is 7.80. The fraction of sp³-hybridized carbons (Fsp3) is 0.100. The third-order valence-electron chi connectivity index (χ3n) is 6.85. The summed E-state index contributed by atoms with van der Waals surface area (Å²) < 4.78 is 4.39. The molecule has 0 aliphatic heterocycles. The molecule has 0 aliphatic carbocycles. The summed E-state index contributed by atoms with van der Waals surface area (Å²) in [6, 6.07) is 64.7. The first kappa shape index (κ1) is 35.0. The molecule has 0 aromatic heterocycles. The Kier molecular flexibility index (Phi) is 15.4. The Labute approximate surface area is 277 Å². The standard InChI is InChI=1S/2C18H15P.C4H11BO3/c2*1-4-10-16(11-5-1)19(17-12-6-2-7-13-17)18-14-8-3-9-15-18;1-2-3-4-8-5(6)7/h2*1-15H;6-7H,2-4H2,1H3. The number of hydrogen-bond donors (Lipinski definition) is 2. The highest BCUT2D eigenvalue weighted by atomic mass is 31.1. The normalized spacial score (nSPS) is 10.4. The first-order valence-electron chi connectivity index (χ1n) is 15.6. The molecule has 6 aromatic rings. The molecule has 0 fully saturated rings. The lowest BCUT2D eigenvalue weighted by Crippen LogP contribution is -2.20. The van der Waals surface area contributed by atoms with Crippen LogP contribution in [-0.4, -0.2) is 24.0 Å². The minimum atomic E-state index is -1.60. The molecule has 0 aliphatic rings. The third-order valence-corrected chi connectivity index (χ3v) is 11.7. The molecule has 0 unspecified atom stereocenters. The average molecular weight is 643 g/mol. The van der Waals surface area contributed by atoms with Gasteiger partial charge >= 0.3 is 7.32 Å². The second-order valence-corrected chi connectivity index (χ2v) is 14.7. The Morgan fingerprint density at radius 2 is 0.630 bits per heavy atom. The van der Waals surface area contributed by atoms with E-state index in [1.165, 1.54) is 31.8 Å². The molecule has 46 heavy (non-hydrogen) atoms. The van der Waals surface area contributed by atoms with Gasteiger partial charge in [0, 0.05) is 6.61 Å². The Morgan fingerprint density at radius 3 is 0.804 bits per heavy atom. The van der Waals surface area contributed by atoms with E-state index in [0.717, 1.165) is 12.8 Å². The number of hydrogen-bond acceptors (Lipinski definition) is 3. The van der Waals surface area contributed by atoms with Gasteiger partial charge in [-0.25, -0.2) is 0 Å². The van der Waals surface area contributed by atoms with E-state index < -0.39 is 23.2 Å². The van der Waals surface area contributed by atoms with E-state index in [1.54, 1.807) is 0 Å². The molecule has 0 saturated heterocycles. The van der Waals surface area contributed by atoms with Crippen molar-refractivity contribution in [2.75, 3.05) is 6.61 Å². The van der Waals surface area contributed by atoms with Crippen molar-refractivity contribution in [3.05, 3.63) is 182 Å². The van der Waals surface area contributed by atoms with E-state index in [2.05, 4.69) is 187 Å². The first-order valence-corrected chi connectivity index (χ1v) is 18.2. The minimum Gasteiger partial charge on any atom is -0.402 e. The van der Waals surface area contributed by atoms with Gasteiger partial charge < -0.3 is 14.7 Å². The smallest absolute Gasteiger partial charge is 0.402 e. The van der Waals surface area contributed by atoms with Gasteiger partial charge in [0.15, 0.2) is 0 Å². The predicted octanol–water partition coefficient (Wildman–Crippen LogP) is 6.66. The lowest BCUT2D eigenvalue weighted by atomic mass is 10.2. The van der Waals surface area contributed by atoms with Crippen molar-refractivity contribution in [3.63, 3.8) is 0 Å². The summed E-state index contributed by atoms with van der Waals surface area (Å²) in [6.07, 6.45) is 1.88. The van der Waals surface area contributed by atoms with Gasteiger partial charge in [0.05, 0.1) is 0 Å². The van der Waals surface area contributed by atoms with Crippen LogP contribution in [0.3, 0.4) is 0 Å². The summed E-state index contributed by atoms with van der Waals surface area (Å²) >= 11 is 0. The van der Waals surface area contributed by atoms with Gasteiger partial charge in [-0.1, -0.05) is 195 Å². The van der Waals surface area contributed by atoms with E-state index in [9.17, 15) is 0 Å². The van der Waals surface area contributed by atoms with Crippen LogP contribution in [0, 0.1) is 0 Å². The van der Waals surface area contributed by atoms with Crippen molar-refractivity contribution in [2.24, 2.45) is 0 Å². The third kappa shape index (κ3) is 11.5. The van der Waals surface area contributed by atoms with Crippen LogP contribution in [0.2, 0.25) is 0 Å². The van der Waals surface area contributed by atoms with Crippen LogP contribution in [-0.2, 0) is 4.65 Å². The molecule has 6 aromatic carbocycles. The van der Waals surface area contributed by atoms with Gasteiger partial charge in [0.25, 0.3) is 0 Å². The molecule has 3 nitrogen and oxygen atoms in total. The summed E-state index contributed by atoms with van der Waals surface area (Å²) in [5.41, 5.74) is 0. The van der Waals surface area contributed by atoms with Crippen molar-refractivity contribution < 1.29 is 14.7 Å². The zero-order valence-electron chi connectivity index (χ0n) is 26.2. The van der Waals surface area contributed by atoms with Crippen molar-refractivity contribution >= 4 is 55.0 Å². The predicted molar refractivity (Wildman–Crippen MR) is 201 cm³/mol. The quantitative estimate of drug-likeness (QED) is 0.0999. The molecule has 6 heteroatoms. The van der Waals surface area contributed by atoms with E-state index in [4.69, 9.17) is 10.0 Å². The molecule has 0 spiro atoms. The highest BCUT2D eigenvalue weighted by Gasteiger charge is 2.16. The van der Waals surface area contributed by atoms with E-state index in [0.29, 0.717) is 6.61 Å². The Bertz CT molecular complexity index is 1300. The van der Waals surface area contributed by atoms with E-state index >= 15 is 0 Å². The maximum atomic E-state index is 8.11. The molecule has 0 bridgehead atoms. The van der Waals surface area contributed by atoms with E-state index in [1.807, 2.05) is 6.92 Å². The van der Waals surface area contributed by atoms with Crippen molar-refractivity contribution in [1.82, 2.24) is 0 Å². The molecule has 0 amide bonds. The molecule has 0 radical (unpaired) electrons. The van der Waals surface area contributed by atoms with Crippen LogP contribution in [0.5, 0.6) is 0 Å². The Balaban J connectivity index is 0.000000170. The van der Waals surface area contributed by atoms with Gasteiger partial charge in [0.2, 0.25) is 0 Å². The molecule has 0 atom stereocenters. The van der Waals surface area contributed by atoms with Crippen LogP contribution >= 0.6 is 15.8 Å². The van der Waals surface area contributed by atoms with Crippen LogP contribution in [0.4, 0.5) is 0 Å². The molecule has 232 valence electrons.